The van der Waals surface area contributed by atoms with Crippen LogP contribution in [-0.2, 0) is 6.54 Å². The lowest BCUT2D eigenvalue weighted by Crippen LogP contribution is -2.03. The molecule has 0 saturated heterocycles. The summed E-state index contributed by atoms with van der Waals surface area (Å²) in [5, 5.41) is 11.5. The molecule has 0 unspecified atom stereocenters. The molecule has 0 aliphatic rings. The van der Waals surface area contributed by atoms with Crippen molar-refractivity contribution in [3.05, 3.63) is 63.4 Å². The SMILES string of the molecule is N#Cc1cc(F)cc(CNc2cc(Br)c(F)cc2F)c1. The van der Waals surface area contributed by atoms with Gasteiger partial charge in [0, 0.05) is 12.6 Å². The Labute approximate surface area is 122 Å². The van der Waals surface area contributed by atoms with Crippen molar-refractivity contribution in [2.45, 2.75) is 6.54 Å². The maximum atomic E-state index is 13.5. The molecule has 0 bridgehead atoms. The highest BCUT2D eigenvalue weighted by molar-refractivity contribution is 9.10. The number of hydrogen-bond donors (Lipinski definition) is 1. The molecule has 2 nitrogen and oxygen atoms in total. The van der Waals surface area contributed by atoms with Crippen molar-refractivity contribution >= 4 is 21.6 Å². The third-order valence-electron chi connectivity index (χ3n) is 2.58. The average molecular weight is 341 g/mol. The molecule has 2 aromatic rings. The molecule has 1 N–H and O–H groups in total. The van der Waals surface area contributed by atoms with Gasteiger partial charge >= 0.3 is 0 Å². The lowest BCUT2D eigenvalue weighted by atomic mass is 10.1. The molecule has 0 saturated carbocycles. The molecule has 0 fully saturated rings. The molecule has 0 heterocycles. The van der Waals surface area contributed by atoms with Gasteiger partial charge in [-0.1, -0.05) is 0 Å². The fourth-order valence-corrected chi connectivity index (χ4v) is 2.02. The highest BCUT2D eigenvalue weighted by Gasteiger charge is 2.08. The minimum absolute atomic E-state index is 0.0843. The summed E-state index contributed by atoms with van der Waals surface area (Å²) in [7, 11) is 0. The summed E-state index contributed by atoms with van der Waals surface area (Å²) in [6, 6.07) is 7.69. The van der Waals surface area contributed by atoms with Gasteiger partial charge in [-0.3, -0.25) is 0 Å². The molecule has 20 heavy (non-hydrogen) atoms. The number of halogens is 4. The second-order valence-electron chi connectivity index (χ2n) is 4.06. The van der Waals surface area contributed by atoms with Crippen LogP contribution < -0.4 is 5.32 Å². The third-order valence-corrected chi connectivity index (χ3v) is 3.19. The molecule has 0 aromatic heterocycles. The summed E-state index contributed by atoms with van der Waals surface area (Å²) < 4.78 is 39.9. The van der Waals surface area contributed by atoms with E-state index in [0.29, 0.717) is 5.56 Å². The van der Waals surface area contributed by atoms with Gasteiger partial charge in [0.25, 0.3) is 0 Å². The van der Waals surface area contributed by atoms with Gasteiger partial charge in [-0.25, -0.2) is 13.2 Å². The van der Waals surface area contributed by atoms with Crippen molar-refractivity contribution in [3.63, 3.8) is 0 Å². The number of nitriles is 1. The minimum atomic E-state index is -0.748. The molecule has 0 atom stereocenters. The van der Waals surface area contributed by atoms with Crippen molar-refractivity contribution in [1.82, 2.24) is 0 Å². The van der Waals surface area contributed by atoms with E-state index in [2.05, 4.69) is 21.2 Å². The predicted molar refractivity (Wildman–Crippen MR) is 72.5 cm³/mol. The standard InChI is InChI=1S/C14H8BrF3N2/c15-11-4-14(13(18)5-12(11)17)20-7-9-1-8(6-19)2-10(16)3-9/h1-5,20H,7H2. The van der Waals surface area contributed by atoms with Crippen LogP contribution in [0.3, 0.4) is 0 Å². The summed E-state index contributed by atoms with van der Waals surface area (Å²) in [5.41, 5.74) is 0.755. The predicted octanol–water partition coefficient (Wildman–Crippen LogP) is 4.35. The van der Waals surface area contributed by atoms with Crippen LogP contribution >= 0.6 is 15.9 Å². The number of nitrogens with one attached hydrogen (secondary N) is 1. The van der Waals surface area contributed by atoms with Crippen molar-refractivity contribution in [1.29, 1.82) is 5.26 Å². The average Bonchev–Trinajstić information content (AvgIpc) is 2.40. The number of hydrogen-bond acceptors (Lipinski definition) is 2. The van der Waals surface area contributed by atoms with Gasteiger partial charge in [0.05, 0.1) is 21.8 Å². The van der Waals surface area contributed by atoms with E-state index in [1.807, 2.05) is 6.07 Å². The Morgan fingerprint density at radius 1 is 1.05 bits per heavy atom. The van der Waals surface area contributed by atoms with Crippen molar-refractivity contribution in [2.75, 3.05) is 5.32 Å². The largest absolute Gasteiger partial charge is 0.379 e. The smallest absolute Gasteiger partial charge is 0.149 e. The third kappa shape index (κ3) is 3.31. The number of rotatable bonds is 3. The summed E-state index contributed by atoms with van der Waals surface area (Å²) in [6.45, 7) is 0.113. The van der Waals surface area contributed by atoms with E-state index < -0.39 is 17.5 Å². The van der Waals surface area contributed by atoms with E-state index in [0.717, 1.165) is 12.1 Å². The number of nitrogens with zero attached hydrogens (tertiary/aromatic N) is 1. The van der Waals surface area contributed by atoms with E-state index in [1.54, 1.807) is 0 Å². The quantitative estimate of drug-likeness (QED) is 0.843. The molecule has 0 radical (unpaired) electrons. The summed E-state index contributed by atoms with van der Waals surface area (Å²) in [6.07, 6.45) is 0. The summed E-state index contributed by atoms with van der Waals surface area (Å²) in [5.74, 6) is -1.99. The van der Waals surface area contributed by atoms with Crippen LogP contribution in [-0.4, -0.2) is 0 Å². The molecule has 6 heteroatoms. The number of anilines is 1. The first-order valence-corrected chi connectivity index (χ1v) is 6.37. The van der Waals surface area contributed by atoms with Crippen LogP contribution in [0.25, 0.3) is 0 Å². The monoisotopic (exact) mass is 340 g/mol. The van der Waals surface area contributed by atoms with Gasteiger partial charge in [0.15, 0.2) is 0 Å². The molecule has 0 aliphatic heterocycles. The lowest BCUT2D eigenvalue weighted by Gasteiger charge is -2.09. The molecule has 0 amide bonds. The maximum absolute atomic E-state index is 13.5. The maximum Gasteiger partial charge on any atom is 0.149 e. The Balaban J connectivity index is 2.19. The Kier molecular flexibility index (Phi) is 4.30. The topological polar surface area (TPSA) is 35.8 Å². The van der Waals surface area contributed by atoms with E-state index in [9.17, 15) is 13.2 Å². The van der Waals surface area contributed by atoms with Crippen LogP contribution in [0.15, 0.2) is 34.8 Å². The van der Waals surface area contributed by atoms with Gasteiger partial charge in [-0.15, -0.1) is 0 Å². The fourth-order valence-electron chi connectivity index (χ4n) is 1.67. The van der Waals surface area contributed by atoms with Crippen molar-refractivity contribution < 1.29 is 13.2 Å². The second-order valence-corrected chi connectivity index (χ2v) is 4.91. The van der Waals surface area contributed by atoms with Crippen molar-refractivity contribution in [3.8, 4) is 6.07 Å². The fraction of sp³-hybridized carbons (Fsp3) is 0.0714. The number of benzene rings is 2. The lowest BCUT2D eigenvalue weighted by molar-refractivity contribution is 0.580. The van der Waals surface area contributed by atoms with Gasteiger partial charge < -0.3 is 5.32 Å². The second kappa shape index (κ2) is 5.97. The van der Waals surface area contributed by atoms with Gasteiger partial charge in [-0.05, 0) is 45.8 Å². The van der Waals surface area contributed by atoms with Crippen LogP contribution in [0.4, 0.5) is 18.9 Å². The van der Waals surface area contributed by atoms with Gasteiger partial charge in [0.1, 0.15) is 17.5 Å². The highest BCUT2D eigenvalue weighted by Crippen LogP contribution is 2.24. The molecule has 0 aliphatic carbocycles. The summed E-state index contributed by atoms with van der Waals surface area (Å²) in [4.78, 5) is 0. The molecular formula is C14H8BrF3N2. The Bertz CT molecular complexity index is 696. The van der Waals surface area contributed by atoms with E-state index in [-0.39, 0.29) is 22.3 Å². The first kappa shape index (κ1) is 14.4. The zero-order chi connectivity index (χ0) is 14.7. The van der Waals surface area contributed by atoms with E-state index >= 15 is 0 Å². The Hall–Kier alpha value is -2.00. The van der Waals surface area contributed by atoms with Gasteiger partial charge in [-0.2, -0.15) is 5.26 Å². The first-order chi connectivity index (χ1) is 9.49. The van der Waals surface area contributed by atoms with Crippen LogP contribution in [0.2, 0.25) is 0 Å². The van der Waals surface area contributed by atoms with Crippen molar-refractivity contribution in [2.24, 2.45) is 0 Å². The van der Waals surface area contributed by atoms with Gasteiger partial charge in [0.2, 0.25) is 0 Å². The molecule has 0 spiro atoms. The van der Waals surface area contributed by atoms with Crippen LogP contribution in [0.1, 0.15) is 11.1 Å². The highest BCUT2D eigenvalue weighted by atomic mass is 79.9. The molecule has 2 aromatic carbocycles. The Morgan fingerprint density at radius 3 is 2.50 bits per heavy atom. The zero-order valence-electron chi connectivity index (χ0n) is 10.1. The summed E-state index contributed by atoms with van der Waals surface area (Å²) >= 11 is 2.96. The Morgan fingerprint density at radius 2 is 1.80 bits per heavy atom. The van der Waals surface area contributed by atoms with E-state index in [1.165, 1.54) is 18.2 Å². The molecular weight excluding hydrogens is 333 g/mol. The van der Waals surface area contributed by atoms with Crippen LogP contribution in [0, 0.1) is 28.8 Å². The van der Waals surface area contributed by atoms with Crippen LogP contribution in [0.5, 0.6) is 0 Å². The minimum Gasteiger partial charge on any atom is -0.379 e. The first-order valence-electron chi connectivity index (χ1n) is 5.57. The normalized spacial score (nSPS) is 10.2. The zero-order valence-corrected chi connectivity index (χ0v) is 11.6. The molecule has 102 valence electrons. The van der Waals surface area contributed by atoms with E-state index in [4.69, 9.17) is 5.26 Å². The molecule has 2 rings (SSSR count).